The molecule has 0 N–H and O–H groups in total. The lowest BCUT2D eigenvalue weighted by Crippen LogP contribution is -2.13. The molecule has 132 valence electrons. The third-order valence-electron chi connectivity index (χ3n) is 4.12. The van der Waals surface area contributed by atoms with E-state index in [9.17, 15) is 4.79 Å². The van der Waals surface area contributed by atoms with Crippen molar-refractivity contribution >= 4 is 5.97 Å². The number of carbonyl (C=O) groups excluding carboxylic acids is 1. The number of benzene rings is 2. The summed E-state index contributed by atoms with van der Waals surface area (Å²) in [6, 6.07) is 24.7. The van der Waals surface area contributed by atoms with Crippen molar-refractivity contribution in [3.05, 3.63) is 114 Å². The Morgan fingerprint density at radius 2 is 1.59 bits per heavy atom. The molecular weight excluding hydrogens is 338 g/mol. The molecule has 0 aliphatic carbocycles. The number of aromatic nitrogens is 3. The summed E-state index contributed by atoms with van der Waals surface area (Å²) in [5.74, 6) is -0.448. The minimum atomic E-state index is -0.583. The smallest absolute Gasteiger partial charge is 0.342 e. The maximum absolute atomic E-state index is 12.7. The number of hydrogen-bond donors (Lipinski definition) is 0. The maximum atomic E-state index is 12.7. The van der Waals surface area contributed by atoms with E-state index in [1.807, 2.05) is 78.9 Å². The largest absolute Gasteiger partial charge is 0.447 e. The van der Waals surface area contributed by atoms with Crippen molar-refractivity contribution in [2.24, 2.45) is 0 Å². The second-order valence-electron chi connectivity index (χ2n) is 5.96. The highest BCUT2D eigenvalue weighted by molar-refractivity contribution is 5.89. The first-order valence-corrected chi connectivity index (χ1v) is 8.58. The molecule has 0 amide bonds. The third kappa shape index (κ3) is 3.77. The van der Waals surface area contributed by atoms with Crippen molar-refractivity contribution in [2.45, 2.75) is 6.10 Å². The molecule has 0 radical (unpaired) electrons. The van der Waals surface area contributed by atoms with Crippen molar-refractivity contribution in [3.63, 3.8) is 0 Å². The van der Waals surface area contributed by atoms with E-state index in [0.29, 0.717) is 11.3 Å². The van der Waals surface area contributed by atoms with Crippen LogP contribution in [0.5, 0.6) is 0 Å². The van der Waals surface area contributed by atoms with Crippen LogP contribution in [0, 0.1) is 0 Å². The Hall–Kier alpha value is -3.73. The van der Waals surface area contributed by atoms with Crippen LogP contribution in [0.4, 0.5) is 0 Å². The second-order valence-corrected chi connectivity index (χ2v) is 5.96. The van der Waals surface area contributed by atoms with Crippen molar-refractivity contribution in [1.29, 1.82) is 0 Å². The van der Waals surface area contributed by atoms with Crippen molar-refractivity contribution in [1.82, 2.24) is 14.8 Å². The molecule has 1 unspecified atom stereocenters. The van der Waals surface area contributed by atoms with Crippen molar-refractivity contribution in [2.75, 3.05) is 0 Å². The van der Waals surface area contributed by atoms with E-state index >= 15 is 0 Å². The number of carbonyl (C=O) groups is 1. The first-order valence-electron chi connectivity index (χ1n) is 8.58. The summed E-state index contributed by atoms with van der Waals surface area (Å²) in [5.41, 5.74) is 2.80. The number of nitrogens with zero attached hydrogens (tertiary/aromatic N) is 3. The van der Waals surface area contributed by atoms with Gasteiger partial charge in [-0.25, -0.2) is 9.48 Å². The molecule has 0 aliphatic rings. The van der Waals surface area contributed by atoms with Gasteiger partial charge in [0, 0.05) is 12.4 Å². The van der Waals surface area contributed by atoms with Crippen LogP contribution in [-0.2, 0) is 4.74 Å². The lowest BCUT2D eigenvalue weighted by molar-refractivity contribution is 0.0370. The molecule has 2 heterocycles. The molecule has 2 aromatic heterocycles. The number of esters is 1. The molecule has 0 bridgehead atoms. The molecule has 4 rings (SSSR count). The van der Waals surface area contributed by atoms with Crippen LogP contribution in [0.2, 0.25) is 0 Å². The minimum absolute atomic E-state index is 0.385. The van der Waals surface area contributed by atoms with E-state index in [1.54, 1.807) is 17.1 Å². The SMILES string of the molecule is O=C(OC(c1ccccc1)c1ccccn1)c1cnn(-c2ccccc2)c1. The van der Waals surface area contributed by atoms with E-state index in [4.69, 9.17) is 4.74 Å². The van der Waals surface area contributed by atoms with Crippen LogP contribution in [-0.4, -0.2) is 20.7 Å². The number of ether oxygens (including phenoxy) is 1. The van der Waals surface area contributed by atoms with E-state index in [0.717, 1.165) is 11.3 Å². The Bertz CT molecular complexity index is 976. The average molecular weight is 355 g/mol. The summed E-state index contributed by atoms with van der Waals surface area (Å²) in [5, 5.41) is 4.26. The summed E-state index contributed by atoms with van der Waals surface area (Å²) in [4.78, 5) is 17.1. The topological polar surface area (TPSA) is 57.0 Å². The van der Waals surface area contributed by atoms with E-state index in [-0.39, 0.29) is 0 Å². The Morgan fingerprint density at radius 3 is 2.30 bits per heavy atom. The summed E-state index contributed by atoms with van der Waals surface area (Å²) >= 11 is 0. The first kappa shape index (κ1) is 16.7. The summed E-state index contributed by atoms with van der Waals surface area (Å²) in [6.07, 6.45) is 4.28. The van der Waals surface area contributed by atoms with Gasteiger partial charge in [-0.3, -0.25) is 4.98 Å². The molecule has 27 heavy (non-hydrogen) atoms. The van der Waals surface area contributed by atoms with Crippen LogP contribution in [0.3, 0.4) is 0 Å². The molecule has 0 fully saturated rings. The Balaban J connectivity index is 1.60. The van der Waals surface area contributed by atoms with Gasteiger partial charge in [-0.2, -0.15) is 5.10 Å². The monoisotopic (exact) mass is 355 g/mol. The van der Waals surface area contributed by atoms with Crippen LogP contribution >= 0.6 is 0 Å². The van der Waals surface area contributed by atoms with Crippen molar-refractivity contribution in [3.8, 4) is 5.69 Å². The van der Waals surface area contributed by atoms with Gasteiger partial charge in [0.2, 0.25) is 0 Å². The Labute approximate surface area is 156 Å². The first-order chi connectivity index (χ1) is 13.3. The van der Waals surface area contributed by atoms with Gasteiger partial charge >= 0.3 is 5.97 Å². The van der Waals surface area contributed by atoms with Gasteiger partial charge in [-0.15, -0.1) is 0 Å². The zero-order valence-corrected chi connectivity index (χ0v) is 14.5. The fourth-order valence-electron chi connectivity index (χ4n) is 2.78. The Morgan fingerprint density at radius 1 is 0.889 bits per heavy atom. The molecule has 0 saturated carbocycles. The standard InChI is InChI=1S/C22H17N3O2/c26-22(18-15-24-25(16-18)19-11-5-2-6-12-19)27-21(17-9-3-1-4-10-17)20-13-7-8-14-23-20/h1-16,21H. The quantitative estimate of drug-likeness (QED) is 0.503. The maximum Gasteiger partial charge on any atom is 0.342 e. The normalized spacial score (nSPS) is 11.7. The number of pyridine rings is 1. The number of rotatable bonds is 5. The number of para-hydroxylation sites is 1. The summed E-state index contributed by atoms with van der Waals surface area (Å²) in [7, 11) is 0. The lowest BCUT2D eigenvalue weighted by Gasteiger charge is -2.17. The molecule has 5 heteroatoms. The van der Waals surface area contributed by atoms with Gasteiger partial charge in [0.25, 0.3) is 0 Å². The molecule has 0 spiro atoms. The highest BCUT2D eigenvalue weighted by Gasteiger charge is 2.22. The molecule has 5 nitrogen and oxygen atoms in total. The molecular formula is C22H17N3O2. The average Bonchev–Trinajstić information content (AvgIpc) is 3.24. The van der Waals surface area contributed by atoms with Crippen LogP contribution in [0.1, 0.15) is 27.7 Å². The molecule has 2 aromatic carbocycles. The van der Waals surface area contributed by atoms with Crippen LogP contribution in [0.25, 0.3) is 5.69 Å². The van der Waals surface area contributed by atoms with Gasteiger partial charge in [0.05, 0.1) is 23.1 Å². The summed E-state index contributed by atoms with van der Waals surface area (Å²) in [6.45, 7) is 0. The van der Waals surface area contributed by atoms with E-state index in [2.05, 4.69) is 10.1 Å². The molecule has 4 aromatic rings. The fraction of sp³-hybridized carbons (Fsp3) is 0.0455. The highest BCUT2D eigenvalue weighted by Crippen LogP contribution is 2.25. The van der Waals surface area contributed by atoms with Crippen molar-refractivity contribution < 1.29 is 9.53 Å². The third-order valence-corrected chi connectivity index (χ3v) is 4.12. The van der Waals surface area contributed by atoms with Crippen LogP contribution in [0.15, 0.2) is 97.5 Å². The lowest BCUT2D eigenvalue weighted by atomic mass is 10.1. The van der Waals surface area contributed by atoms with Gasteiger partial charge in [-0.05, 0) is 29.8 Å². The minimum Gasteiger partial charge on any atom is -0.447 e. The predicted molar refractivity (Wildman–Crippen MR) is 102 cm³/mol. The predicted octanol–water partition coefficient (Wildman–Crippen LogP) is 4.21. The van der Waals surface area contributed by atoms with E-state index < -0.39 is 12.1 Å². The molecule has 0 aliphatic heterocycles. The zero-order valence-electron chi connectivity index (χ0n) is 14.5. The Kier molecular flexibility index (Phi) is 4.74. The highest BCUT2D eigenvalue weighted by atomic mass is 16.5. The van der Waals surface area contributed by atoms with Gasteiger partial charge < -0.3 is 4.74 Å². The van der Waals surface area contributed by atoms with Gasteiger partial charge in [0.1, 0.15) is 0 Å². The second kappa shape index (κ2) is 7.66. The fourth-order valence-corrected chi connectivity index (χ4v) is 2.78. The summed E-state index contributed by atoms with van der Waals surface area (Å²) < 4.78 is 7.45. The van der Waals surface area contributed by atoms with Gasteiger partial charge in [0.15, 0.2) is 6.10 Å². The zero-order chi connectivity index (χ0) is 18.5. The molecule has 0 saturated heterocycles. The molecule has 1 atom stereocenters. The van der Waals surface area contributed by atoms with E-state index in [1.165, 1.54) is 6.20 Å². The van der Waals surface area contributed by atoms with Crippen LogP contribution < -0.4 is 0 Å². The van der Waals surface area contributed by atoms with Gasteiger partial charge in [-0.1, -0.05) is 54.6 Å². The number of hydrogen-bond acceptors (Lipinski definition) is 4.